The van der Waals surface area contributed by atoms with Crippen LogP contribution in [0.3, 0.4) is 0 Å². The van der Waals surface area contributed by atoms with Gasteiger partial charge in [0.1, 0.15) is 5.69 Å². The average Bonchev–Trinajstić information content (AvgIpc) is 2.80. The van der Waals surface area contributed by atoms with E-state index >= 15 is 0 Å². The largest absolute Gasteiger partial charge is 0.396 e. The number of hydrogen-bond donors (Lipinski definition) is 1. The number of nitrogens with two attached hydrogens (primary N) is 1. The molecule has 0 bridgehead atoms. The number of aromatic nitrogens is 2. The minimum Gasteiger partial charge on any atom is -0.396 e. The van der Waals surface area contributed by atoms with Gasteiger partial charge in [-0.2, -0.15) is 5.10 Å². The van der Waals surface area contributed by atoms with Gasteiger partial charge in [-0.3, -0.25) is 0 Å². The first-order chi connectivity index (χ1) is 10.0. The second-order valence-corrected chi connectivity index (χ2v) is 5.59. The quantitative estimate of drug-likeness (QED) is 0.768. The molecule has 0 aliphatic heterocycles. The molecule has 0 amide bonds. The topological polar surface area (TPSA) is 43.8 Å². The molecule has 0 saturated heterocycles. The smallest absolute Gasteiger partial charge is 0.116 e. The van der Waals surface area contributed by atoms with E-state index in [1.807, 2.05) is 23.0 Å². The van der Waals surface area contributed by atoms with Crippen LogP contribution in [0.2, 0.25) is 0 Å². The summed E-state index contributed by atoms with van der Waals surface area (Å²) in [4.78, 5) is 0. The third kappa shape index (κ3) is 2.68. The van der Waals surface area contributed by atoms with Crippen molar-refractivity contribution in [1.82, 2.24) is 9.78 Å². The number of nitrogen functional groups attached to an aromatic ring is 1. The van der Waals surface area contributed by atoms with Crippen molar-refractivity contribution in [2.75, 3.05) is 5.73 Å². The molecule has 1 heterocycles. The summed E-state index contributed by atoms with van der Waals surface area (Å²) in [6, 6.07) is 14.6. The highest BCUT2D eigenvalue weighted by Gasteiger charge is 2.10. The number of aryl methyl sites for hydroxylation is 3. The van der Waals surface area contributed by atoms with Gasteiger partial charge in [0.25, 0.3) is 0 Å². The summed E-state index contributed by atoms with van der Waals surface area (Å²) in [6.07, 6.45) is 1.88. The van der Waals surface area contributed by atoms with Crippen LogP contribution in [0, 0.1) is 20.8 Å². The first kappa shape index (κ1) is 13.4. The molecule has 2 N–H and O–H groups in total. The van der Waals surface area contributed by atoms with Crippen LogP contribution in [0.1, 0.15) is 16.7 Å². The van der Waals surface area contributed by atoms with Crippen LogP contribution in [0.5, 0.6) is 0 Å². The molecule has 3 heteroatoms. The molecule has 1 aromatic heterocycles. The summed E-state index contributed by atoms with van der Waals surface area (Å²) in [5.41, 5.74) is 13.4. The van der Waals surface area contributed by atoms with E-state index < -0.39 is 0 Å². The van der Waals surface area contributed by atoms with Gasteiger partial charge in [0.15, 0.2) is 0 Å². The second-order valence-electron chi connectivity index (χ2n) is 5.59. The van der Waals surface area contributed by atoms with Gasteiger partial charge in [-0.1, -0.05) is 29.8 Å². The molecule has 3 rings (SSSR count). The minimum atomic E-state index is 0.694. The maximum Gasteiger partial charge on any atom is 0.116 e. The molecule has 2 aromatic carbocycles. The lowest BCUT2D eigenvalue weighted by Gasteiger charge is -2.05. The molecule has 21 heavy (non-hydrogen) atoms. The normalized spacial score (nSPS) is 10.8. The van der Waals surface area contributed by atoms with Crippen LogP contribution in [0.15, 0.2) is 48.7 Å². The van der Waals surface area contributed by atoms with Crippen LogP contribution in [-0.2, 0) is 0 Å². The van der Waals surface area contributed by atoms with Gasteiger partial charge >= 0.3 is 0 Å². The molecular formula is C18H19N3. The predicted octanol–water partition coefficient (Wildman–Crippen LogP) is 4.05. The Balaban J connectivity index is 2.09. The third-order valence-corrected chi connectivity index (χ3v) is 3.51. The van der Waals surface area contributed by atoms with Crippen molar-refractivity contribution < 1.29 is 0 Å². The molecule has 3 aromatic rings. The summed E-state index contributed by atoms with van der Waals surface area (Å²) in [6.45, 7) is 6.25. The van der Waals surface area contributed by atoms with E-state index in [1.54, 1.807) is 0 Å². The van der Waals surface area contributed by atoms with Gasteiger partial charge in [-0.05, 0) is 50.1 Å². The van der Waals surface area contributed by atoms with Gasteiger partial charge < -0.3 is 5.73 Å². The Morgan fingerprint density at radius 3 is 2.29 bits per heavy atom. The van der Waals surface area contributed by atoms with Crippen LogP contribution in [-0.4, -0.2) is 9.78 Å². The molecule has 0 unspecified atom stereocenters. The van der Waals surface area contributed by atoms with Gasteiger partial charge in [0.2, 0.25) is 0 Å². The summed E-state index contributed by atoms with van der Waals surface area (Å²) in [5.74, 6) is 0. The molecule has 106 valence electrons. The van der Waals surface area contributed by atoms with Crippen molar-refractivity contribution in [3.8, 4) is 16.9 Å². The lowest BCUT2D eigenvalue weighted by Crippen LogP contribution is -1.96. The Morgan fingerprint density at radius 1 is 0.905 bits per heavy atom. The first-order valence-electron chi connectivity index (χ1n) is 7.04. The minimum absolute atomic E-state index is 0.694. The fourth-order valence-electron chi connectivity index (χ4n) is 2.62. The molecule has 0 atom stereocenters. The van der Waals surface area contributed by atoms with E-state index in [2.05, 4.69) is 56.2 Å². The maximum absolute atomic E-state index is 6.15. The van der Waals surface area contributed by atoms with Crippen molar-refractivity contribution in [3.63, 3.8) is 0 Å². The van der Waals surface area contributed by atoms with Gasteiger partial charge in [-0.25, -0.2) is 4.68 Å². The van der Waals surface area contributed by atoms with E-state index in [-0.39, 0.29) is 0 Å². The molecule has 0 radical (unpaired) electrons. The second kappa shape index (κ2) is 5.09. The van der Waals surface area contributed by atoms with Crippen molar-refractivity contribution >= 4 is 5.69 Å². The molecule has 0 saturated carbocycles. The van der Waals surface area contributed by atoms with E-state index in [1.165, 1.54) is 16.7 Å². The number of rotatable bonds is 2. The van der Waals surface area contributed by atoms with E-state index in [4.69, 9.17) is 5.73 Å². The van der Waals surface area contributed by atoms with Crippen LogP contribution >= 0.6 is 0 Å². The zero-order chi connectivity index (χ0) is 15.0. The predicted molar refractivity (Wildman–Crippen MR) is 87.6 cm³/mol. The van der Waals surface area contributed by atoms with Crippen molar-refractivity contribution in [2.24, 2.45) is 0 Å². The molecular weight excluding hydrogens is 258 g/mol. The first-order valence-corrected chi connectivity index (χ1v) is 7.04. The molecule has 0 spiro atoms. The maximum atomic E-state index is 6.15. The molecule has 3 nitrogen and oxygen atoms in total. The van der Waals surface area contributed by atoms with Crippen LogP contribution in [0.4, 0.5) is 5.69 Å². The Bertz CT molecular complexity index is 780. The van der Waals surface area contributed by atoms with Crippen molar-refractivity contribution in [1.29, 1.82) is 0 Å². The summed E-state index contributed by atoms with van der Waals surface area (Å²) < 4.78 is 1.85. The molecule has 0 fully saturated rings. The standard InChI is InChI=1S/C18H19N3/c1-12-5-4-6-15(8-12)18-17(19)11-21(20-18)16-9-13(2)7-14(3)10-16/h4-11H,19H2,1-3H3. The van der Waals surface area contributed by atoms with E-state index in [9.17, 15) is 0 Å². The Hall–Kier alpha value is -2.55. The number of benzene rings is 2. The van der Waals surface area contributed by atoms with Gasteiger partial charge in [0.05, 0.1) is 17.6 Å². The summed E-state index contributed by atoms with van der Waals surface area (Å²) >= 11 is 0. The van der Waals surface area contributed by atoms with E-state index in [0.29, 0.717) is 5.69 Å². The highest BCUT2D eigenvalue weighted by molar-refractivity contribution is 5.72. The van der Waals surface area contributed by atoms with Crippen LogP contribution < -0.4 is 5.73 Å². The lowest BCUT2D eigenvalue weighted by atomic mass is 10.1. The highest BCUT2D eigenvalue weighted by Crippen LogP contribution is 2.26. The monoisotopic (exact) mass is 277 g/mol. The average molecular weight is 277 g/mol. The number of anilines is 1. The van der Waals surface area contributed by atoms with Gasteiger partial charge in [0, 0.05) is 5.56 Å². The van der Waals surface area contributed by atoms with Crippen LogP contribution in [0.25, 0.3) is 16.9 Å². The Labute approximate surface area is 125 Å². The van der Waals surface area contributed by atoms with E-state index in [0.717, 1.165) is 16.9 Å². The molecule has 0 aliphatic rings. The Kier molecular flexibility index (Phi) is 3.26. The summed E-state index contributed by atoms with van der Waals surface area (Å²) in [5, 5.41) is 4.67. The van der Waals surface area contributed by atoms with Crippen molar-refractivity contribution in [3.05, 3.63) is 65.4 Å². The fraction of sp³-hybridized carbons (Fsp3) is 0.167. The number of hydrogen-bond acceptors (Lipinski definition) is 2. The highest BCUT2D eigenvalue weighted by atomic mass is 15.3. The zero-order valence-electron chi connectivity index (χ0n) is 12.6. The number of nitrogens with zero attached hydrogens (tertiary/aromatic N) is 2. The fourth-order valence-corrected chi connectivity index (χ4v) is 2.62. The molecule has 0 aliphatic carbocycles. The SMILES string of the molecule is Cc1cccc(-c2nn(-c3cc(C)cc(C)c3)cc2N)c1. The summed E-state index contributed by atoms with van der Waals surface area (Å²) in [7, 11) is 0. The lowest BCUT2D eigenvalue weighted by molar-refractivity contribution is 0.881. The third-order valence-electron chi connectivity index (χ3n) is 3.51. The zero-order valence-corrected chi connectivity index (χ0v) is 12.6. The Morgan fingerprint density at radius 2 is 1.62 bits per heavy atom. The van der Waals surface area contributed by atoms with Gasteiger partial charge in [-0.15, -0.1) is 0 Å². The van der Waals surface area contributed by atoms with Crippen molar-refractivity contribution in [2.45, 2.75) is 20.8 Å².